The van der Waals surface area contributed by atoms with Crippen molar-refractivity contribution in [1.29, 1.82) is 0 Å². The minimum Gasteiger partial charge on any atom is -0.444 e. The van der Waals surface area contributed by atoms with E-state index in [9.17, 15) is 14.4 Å². The molecule has 1 aliphatic rings. The van der Waals surface area contributed by atoms with Crippen molar-refractivity contribution in [2.45, 2.75) is 77.6 Å². The summed E-state index contributed by atoms with van der Waals surface area (Å²) in [5.41, 5.74) is 0.640. The predicted molar refractivity (Wildman–Crippen MR) is 136 cm³/mol. The zero-order valence-electron chi connectivity index (χ0n) is 20.8. The summed E-state index contributed by atoms with van der Waals surface area (Å²) in [6.07, 6.45) is 7.34. The van der Waals surface area contributed by atoms with Gasteiger partial charge < -0.3 is 20.3 Å². The third-order valence-electron chi connectivity index (χ3n) is 5.60. The van der Waals surface area contributed by atoms with Crippen LogP contribution in [0.25, 0.3) is 0 Å². The molecule has 0 aliphatic heterocycles. The Labute approximate surface area is 208 Å². The fraction of sp³-hybridized carbons (Fsp3) is 0.577. The monoisotopic (exact) mass is 487 g/mol. The number of hydrogen-bond acceptors (Lipinski definition) is 5. The van der Waals surface area contributed by atoms with Gasteiger partial charge in [-0.25, -0.2) is 4.79 Å². The van der Waals surface area contributed by atoms with Crippen LogP contribution in [0.4, 0.5) is 4.79 Å². The van der Waals surface area contributed by atoms with Crippen molar-refractivity contribution in [3.05, 3.63) is 35.4 Å². The van der Waals surface area contributed by atoms with Gasteiger partial charge >= 0.3 is 6.09 Å². The van der Waals surface area contributed by atoms with Crippen molar-refractivity contribution < 1.29 is 19.1 Å². The van der Waals surface area contributed by atoms with E-state index in [0.29, 0.717) is 17.7 Å². The van der Waals surface area contributed by atoms with Gasteiger partial charge in [-0.05, 0) is 57.2 Å². The summed E-state index contributed by atoms with van der Waals surface area (Å²) in [5.74, 6) is 2.25. The number of unbranched alkanes of at least 4 members (excludes halogenated alkanes) is 1. The van der Waals surface area contributed by atoms with Crippen LogP contribution in [0.15, 0.2) is 24.3 Å². The molecule has 0 bridgehead atoms. The van der Waals surface area contributed by atoms with Gasteiger partial charge in [-0.2, -0.15) is 12.6 Å². The molecule has 34 heavy (non-hydrogen) atoms. The van der Waals surface area contributed by atoms with Crippen LogP contribution in [0.5, 0.6) is 0 Å². The second kappa shape index (κ2) is 12.2. The number of hydrogen-bond donors (Lipinski definition) is 3. The first-order valence-electron chi connectivity index (χ1n) is 11.8. The van der Waals surface area contributed by atoms with E-state index in [-0.39, 0.29) is 29.5 Å². The quantitative estimate of drug-likeness (QED) is 0.267. The van der Waals surface area contributed by atoms with Crippen molar-refractivity contribution in [1.82, 2.24) is 15.5 Å². The lowest BCUT2D eigenvalue weighted by atomic mass is 10.0. The fourth-order valence-electron chi connectivity index (χ4n) is 3.67. The Balaban J connectivity index is 2.39. The smallest absolute Gasteiger partial charge is 0.408 e. The van der Waals surface area contributed by atoms with E-state index in [2.05, 4.69) is 29.2 Å². The zero-order valence-corrected chi connectivity index (χ0v) is 21.7. The lowest BCUT2D eigenvalue weighted by molar-refractivity contribution is -0.143. The number of rotatable bonds is 10. The van der Waals surface area contributed by atoms with Gasteiger partial charge in [0.25, 0.3) is 0 Å². The fourth-order valence-corrected chi connectivity index (χ4v) is 3.92. The minimum absolute atomic E-state index is 0.0654. The number of nitrogens with zero attached hydrogens (tertiary/aromatic N) is 1. The molecule has 2 N–H and O–H groups in total. The Morgan fingerprint density at radius 2 is 1.88 bits per heavy atom. The van der Waals surface area contributed by atoms with Crippen molar-refractivity contribution in [2.75, 3.05) is 12.3 Å². The lowest BCUT2D eigenvalue weighted by Crippen LogP contribution is -2.54. The number of nitrogens with one attached hydrogen (secondary N) is 2. The highest BCUT2D eigenvalue weighted by Crippen LogP contribution is 2.40. The number of alkyl carbamates (subject to hydrolysis) is 1. The summed E-state index contributed by atoms with van der Waals surface area (Å²) in [7, 11) is 0. The zero-order chi connectivity index (χ0) is 25.5. The Morgan fingerprint density at radius 3 is 2.35 bits per heavy atom. The Bertz CT molecular complexity index is 904. The molecule has 0 radical (unpaired) electrons. The Hall–Kier alpha value is -2.66. The second-order valence-electron chi connectivity index (χ2n) is 9.72. The summed E-state index contributed by atoms with van der Waals surface area (Å²) in [5, 5.41) is 5.60. The summed E-state index contributed by atoms with van der Waals surface area (Å²) >= 11 is 4.31. The van der Waals surface area contributed by atoms with Gasteiger partial charge in [0.1, 0.15) is 17.7 Å². The van der Waals surface area contributed by atoms with Gasteiger partial charge in [0.15, 0.2) is 0 Å². The maximum absolute atomic E-state index is 13.8. The largest absolute Gasteiger partial charge is 0.444 e. The van der Waals surface area contributed by atoms with Gasteiger partial charge in [-0.15, -0.1) is 6.42 Å². The van der Waals surface area contributed by atoms with E-state index >= 15 is 0 Å². The van der Waals surface area contributed by atoms with E-state index in [4.69, 9.17) is 11.2 Å². The first-order chi connectivity index (χ1) is 16.0. The van der Waals surface area contributed by atoms with Crippen LogP contribution in [0.3, 0.4) is 0 Å². The minimum atomic E-state index is -0.943. The number of terminal acetylenes is 1. The van der Waals surface area contributed by atoms with Gasteiger partial charge in [-0.1, -0.05) is 38.3 Å². The van der Waals surface area contributed by atoms with Crippen LogP contribution < -0.4 is 10.6 Å². The van der Waals surface area contributed by atoms with E-state index in [0.717, 1.165) is 19.3 Å². The summed E-state index contributed by atoms with van der Waals surface area (Å²) in [4.78, 5) is 41.2. The molecule has 4 unspecified atom stereocenters. The predicted octanol–water partition coefficient (Wildman–Crippen LogP) is 3.69. The first kappa shape index (κ1) is 27.6. The van der Waals surface area contributed by atoms with Crippen molar-refractivity contribution >= 4 is 30.5 Å². The standard InChI is InChI=1S/C26H37N3O4S/c1-7-9-14-27-23(30)22(19-12-10-18(8-2)11-13-19)29(21-15-17(21)3)24(31)20(16-34)28-25(32)33-26(4,5)6/h2,10-13,17,20-22,34H,7,9,14-16H2,1,3-6H3,(H,27,30)(H,28,32). The first-order valence-corrected chi connectivity index (χ1v) is 12.4. The van der Waals surface area contributed by atoms with Crippen LogP contribution in [0.2, 0.25) is 0 Å². The highest BCUT2D eigenvalue weighted by molar-refractivity contribution is 7.80. The maximum Gasteiger partial charge on any atom is 0.408 e. The molecule has 0 heterocycles. The van der Waals surface area contributed by atoms with Crippen LogP contribution in [0.1, 0.15) is 71.0 Å². The van der Waals surface area contributed by atoms with Gasteiger partial charge in [-0.3, -0.25) is 9.59 Å². The SMILES string of the molecule is C#Cc1ccc(C(C(=O)NCCCC)N(C(=O)C(CS)NC(=O)OC(C)(C)C)C2CC2C)cc1. The molecule has 2 rings (SSSR count). The molecule has 1 aromatic rings. The molecule has 4 atom stereocenters. The van der Waals surface area contributed by atoms with E-state index in [1.807, 2.05) is 13.8 Å². The highest BCUT2D eigenvalue weighted by Gasteiger charge is 2.48. The third-order valence-corrected chi connectivity index (χ3v) is 5.96. The van der Waals surface area contributed by atoms with Crippen molar-refractivity contribution in [3.63, 3.8) is 0 Å². The molecular formula is C26H37N3O4S. The molecule has 186 valence electrons. The van der Waals surface area contributed by atoms with Crippen molar-refractivity contribution in [2.24, 2.45) is 5.92 Å². The molecule has 0 spiro atoms. The normalized spacial score (nSPS) is 18.7. The molecule has 1 aromatic carbocycles. The molecule has 8 heteroatoms. The van der Waals surface area contributed by atoms with E-state index < -0.39 is 23.8 Å². The van der Waals surface area contributed by atoms with Crippen LogP contribution in [-0.4, -0.2) is 52.8 Å². The van der Waals surface area contributed by atoms with Crippen LogP contribution in [-0.2, 0) is 14.3 Å². The molecule has 0 aromatic heterocycles. The van der Waals surface area contributed by atoms with Crippen LogP contribution in [0, 0.1) is 18.3 Å². The van der Waals surface area contributed by atoms with Gasteiger partial charge in [0, 0.05) is 23.9 Å². The maximum atomic E-state index is 13.8. The van der Waals surface area contributed by atoms with Crippen molar-refractivity contribution in [3.8, 4) is 12.3 Å². The number of amides is 3. The molecular weight excluding hydrogens is 450 g/mol. The summed E-state index contributed by atoms with van der Waals surface area (Å²) in [6, 6.07) is 5.17. The third kappa shape index (κ3) is 7.69. The topological polar surface area (TPSA) is 87.7 Å². The molecule has 1 fully saturated rings. The van der Waals surface area contributed by atoms with Gasteiger partial charge in [0.2, 0.25) is 11.8 Å². The van der Waals surface area contributed by atoms with Gasteiger partial charge in [0.05, 0.1) is 0 Å². The molecule has 1 saturated carbocycles. The average Bonchev–Trinajstić information content (AvgIpc) is 3.50. The Morgan fingerprint density at radius 1 is 1.26 bits per heavy atom. The highest BCUT2D eigenvalue weighted by atomic mass is 32.1. The number of ether oxygens (including phenoxy) is 1. The summed E-state index contributed by atoms with van der Waals surface area (Å²) in [6.45, 7) is 9.85. The molecule has 0 saturated heterocycles. The average molecular weight is 488 g/mol. The summed E-state index contributed by atoms with van der Waals surface area (Å²) < 4.78 is 5.33. The number of benzene rings is 1. The molecule has 7 nitrogen and oxygen atoms in total. The molecule has 1 aliphatic carbocycles. The van der Waals surface area contributed by atoms with Crippen LogP contribution >= 0.6 is 12.6 Å². The number of carbonyl (C=O) groups is 3. The lowest BCUT2D eigenvalue weighted by Gasteiger charge is -2.34. The van der Waals surface area contributed by atoms with E-state index in [1.54, 1.807) is 49.9 Å². The number of thiol groups is 1. The second-order valence-corrected chi connectivity index (χ2v) is 10.1. The van der Waals surface area contributed by atoms with E-state index in [1.165, 1.54) is 0 Å². The number of carbonyl (C=O) groups excluding carboxylic acids is 3. The molecule has 3 amide bonds. The Kier molecular flexibility index (Phi) is 9.87.